The molecule has 0 saturated carbocycles. The van der Waals surface area contributed by atoms with Gasteiger partial charge in [-0.1, -0.05) is 27.7 Å². The average Bonchev–Trinajstić information content (AvgIpc) is 2.89. The standard InChI is InChI=1S/C15H24N4O2/c1-14(2,3)12-7-11-13(16-5-6-19(11)18-12)17-8-15(4,9-20)10-21/h5-7,20-21H,8-10H2,1-4H3,(H,16,17). The van der Waals surface area contributed by atoms with E-state index in [0.717, 1.165) is 11.2 Å². The topological polar surface area (TPSA) is 82.7 Å². The van der Waals surface area contributed by atoms with Gasteiger partial charge >= 0.3 is 0 Å². The van der Waals surface area contributed by atoms with Gasteiger partial charge in [0.1, 0.15) is 5.52 Å². The van der Waals surface area contributed by atoms with Crippen LogP contribution in [0.1, 0.15) is 33.4 Å². The van der Waals surface area contributed by atoms with Crippen LogP contribution in [-0.2, 0) is 5.41 Å². The first-order valence-electron chi connectivity index (χ1n) is 7.09. The van der Waals surface area contributed by atoms with Crippen molar-refractivity contribution in [2.45, 2.75) is 33.1 Å². The summed E-state index contributed by atoms with van der Waals surface area (Å²) in [6.45, 7) is 8.41. The Morgan fingerprint density at radius 3 is 2.43 bits per heavy atom. The second-order valence-corrected chi connectivity index (χ2v) is 6.87. The third-order valence-electron chi connectivity index (χ3n) is 3.60. The lowest BCUT2D eigenvalue weighted by molar-refractivity contribution is 0.0806. The van der Waals surface area contributed by atoms with Gasteiger partial charge in [-0.25, -0.2) is 9.50 Å². The van der Waals surface area contributed by atoms with Gasteiger partial charge < -0.3 is 15.5 Å². The third-order valence-corrected chi connectivity index (χ3v) is 3.60. The molecule has 6 nitrogen and oxygen atoms in total. The van der Waals surface area contributed by atoms with Gasteiger partial charge in [0.05, 0.1) is 18.9 Å². The Labute approximate surface area is 124 Å². The number of aliphatic hydroxyl groups excluding tert-OH is 2. The van der Waals surface area contributed by atoms with Crippen LogP contribution in [0, 0.1) is 5.41 Å². The fourth-order valence-electron chi connectivity index (χ4n) is 1.88. The molecular weight excluding hydrogens is 268 g/mol. The predicted octanol–water partition coefficient (Wildman–Crippen LogP) is 1.43. The molecule has 0 aliphatic rings. The van der Waals surface area contributed by atoms with Crippen LogP contribution in [0.5, 0.6) is 0 Å². The van der Waals surface area contributed by atoms with Crippen molar-refractivity contribution in [3.05, 3.63) is 24.2 Å². The molecule has 2 rings (SSSR count). The SMILES string of the molecule is CC(CO)(CO)CNc1nccn2nc(C(C)(C)C)cc12. The molecule has 0 aliphatic carbocycles. The van der Waals surface area contributed by atoms with Gasteiger partial charge in [-0.15, -0.1) is 0 Å². The second kappa shape index (κ2) is 5.61. The van der Waals surface area contributed by atoms with Crippen molar-refractivity contribution >= 4 is 11.3 Å². The number of aromatic nitrogens is 3. The summed E-state index contributed by atoms with van der Waals surface area (Å²) in [5.41, 5.74) is 1.27. The number of aliphatic hydroxyl groups is 2. The highest BCUT2D eigenvalue weighted by Crippen LogP contribution is 2.25. The summed E-state index contributed by atoms with van der Waals surface area (Å²) in [7, 11) is 0. The van der Waals surface area contributed by atoms with Crippen molar-refractivity contribution < 1.29 is 10.2 Å². The van der Waals surface area contributed by atoms with Crippen molar-refractivity contribution in [2.24, 2.45) is 5.41 Å². The Kier molecular flexibility index (Phi) is 4.20. The molecule has 3 N–H and O–H groups in total. The lowest BCUT2D eigenvalue weighted by atomic mass is 9.92. The molecule has 2 aromatic heterocycles. The van der Waals surface area contributed by atoms with E-state index in [1.165, 1.54) is 0 Å². The molecule has 0 fully saturated rings. The van der Waals surface area contributed by atoms with E-state index in [1.807, 2.05) is 19.2 Å². The first-order chi connectivity index (χ1) is 9.79. The number of rotatable bonds is 5. The van der Waals surface area contributed by atoms with Crippen LogP contribution < -0.4 is 5.32 Å². The molecule has 2 heterocycles. The van der Waals surface area contributed by atoms with Crippen LogP contribution in [0.3, 0.4) is 0 Å². The number of hydrogen-bond donors (Lipinski definition) is 3. The summed E-state index contributed by atoms with van der Waals surface area (Å²) in [4.78, 5) is 4.34. The monoisotopic (exact) mass is 292 g/mol. The third kappa shape index (κ3) is 3.33. The molecule has 0 bridgehead atoms. The summed E-state index contributed by atoms with van der Waals surface area (Å²) >= 11 is 0. The molecule has 6 heteroatoms. The van der Waals surface area contributed by atoms with Crippen LogP contribution in [0.15, 0.2) is 18.5 Å². The maximum absolute atomic E-state index is 9.35. The highest BCUT2D eigenvalue weighted by atomic mass is 16.3. The molecule has 0 radical (unpaired) electrons. The zero-order valence-corrected chi connectivity index (χ0v) is 13.1. The Balaban J connectivity index is 2.30. The molecule has 0 atom stereocenters. The Hall–Kier alpha value is -1.66. The van der Waals surface area contributed by atoms with Crippen LogP contribution in [0.2, 0.25) is 0 Å². The molecule has 0 saturated heterocycles. The molecular formula is C15H24N4O2. The van der Waals surface area contributed by atoms with Crippen LogP contribution in [0.25, 0.3) is 5.52 Å². The van der Waals surface area contributed by atoms with Gasteiger partial charge in [-0.05, 0) is 6.07 Å². The lowest BCUT2D eigenvalue weighted by Crippen LogP contribution is -2.34. The molecule has 2 aromatic rings. The Bertz CT molecular complexity index is 612. The smallest absolute Gasteiger partial charge is 0.152 e. The number of fused-ring (bicyclic) bond motifs is 1. The van der Waals surface area contributed by atoms with Gasteiger partial charge in [0.2, 0.25) is 0 Å². The highest BCUT2D eigenvalue weighted by Gasteiger charge is 2.23. The van der Waals surface area contributed by atoms with Crippen LogP contribution in [-0.4, -0.2) is 44.6 Å². The summed E-state index contributed by atoms with van der Waals surface area (Å²) in [5, 5.41) is 26.5. The number of nitrogens with zero attached hydrogens (tertiary/aromatic N) is 3. The quantitative estimate of drug-likeness (QED) is 0.776. The normalized spacial score (nSPS) is 12.9. The van der Waals surface area contributed by atoms with Gasteiger partial charge in [-0.3, -0.25) is 0 Å². The summed E-state index contributed by atoms with van der Waals surface area (Å²) < 4.78 is 1.80. The fourth-order valence-corrected chi connectivity index (χ4v) is 1.88. The minimum absolute atomic E-state index is 0.0337. The van der Waals surface area contributed by atoms with E-state index in [9.17, 15) is 10.2 Å². The first-order valence-corrected chi connectivity index (χ1v) is 7.09. The minimum Gasteiger partial charge on any atom is -0.396 e. The molecule has 116 valence electrons. The minimum atomic E-state index is -0.582. The number of anilines is 1. The van der Waals surface area contributed by atoms with Crippen molar-refractivity contribution in [3.63, 3.8) is 0 Å². The van der Waals surface area contributed by atoms with Crippen molar-refractivity contribution in [2.75, 3.05) is 25.1 Å². The molecule has 0 unspecified atom stereocenters. The maximum Gasteiger partial charge on any atom is 0.152 e. The fraction of sp³-hybridized carbons (Fsp3) is 0.600. The van der Waals surface area contributed by atoms with Crippen molar-refractivity contribution in [1.29, 1.82) is 0 Å². The van der Waals surface area contributed by atoms with E-state index >= 15 is 0 Å². The van der Waals surface area contributed by atoms with E-state index in [4.69, 9.17) is 0 Å². The van der Waals surface area contributed by atoms with Gasteiger partial charge in [-0.2, -0.15) is 5.10 Å². The van der Waals surface area contributed by atoms with E-state index in [-0.39, 0.29) is 18.6 Å². The highest BCUT2D eigenvalue weighted by molar-refractivity contribution is 5.68. The second-order valence-electron chi connectivity index (χ2n) is 6.87. The zero-order chi connectivity index (χ0) is 15.7. The number of hydrogen-bond acceptors (Lipinski definition) is 5. The Morgan fingerprint density at radius 1 is 1.19 bits per heavy atom. The maximum atomic E-state index is 9.35. The van der Waals surface area contributed by atoms with Crippen molar-refractivity contribution in [3.8, 4) is 0 Å². The van der Waals surface area contributed by atoms with Crippen LogP contribution >= 0.6 is 0 Å². The average molecular weight is 292 g/mol. The van der Waals surface area contributed by atoms with Crippen molar-refractivity contribution in [1.82, 2.24) is 14.6 Å². The molecule has 21 heavy (non-hydrogen) atoms. The van der Waals surface area contributed by atoms with Gasteiger partial charge in [0.15, 0.2) is 5.82 Å². The van der Waals surface area contributed by atoms with Crippen LogP contribution in [0.4, 0.5) is 5.82 Å². The molecule has 0 aromatic carbocycles. The molecule has 0 aliphatic heterocycles. The molecule has 0 spiro atoms. The summed E-state index contributed by atoms with van der Waals surface area (Å²) in [6.07, 6.45) is 3.50. The largest absolute Gasteiger partial charge is 0.396 e. The predicted molar refractivity (Wildman–Crippen MR) is 82.5 cm³/mol. The Morgan fingerprint density at radius 2 is 1.86 bits per heavy atom. The van der Waals surface area contributed by atoms with E-state index in [1.54, 1.807) is 10.7 Å². The van der Waals surface area contributed by atoms with Gasteiger partial charge in [0.25, 0.3) is 0 Å². The lowest BCUT2D eigenvalue weighted by Gasteiger charge is -2.25. The summed E-state index contributed by atoms with van der Waals surface area (Å²) in [6, 6.07) is 2.02. The first kappa shape index (κ1) is 15.7. The van der Waals surface area contributed by atoms with E-state index < -0.39 is 5.41 Å². The van der Waals surface area contributed by atoms with E-state index in [2.05, 4.69) is 36.2 Å². The van der Waals surface area contributed by atoms with Gasteiger partial charge in [0, 0.05) is 29.8 Å². The summed E-state index contributed by atoms with van der Waals surface area (Å²) in [5.74, 6) is 0.702. The molecule has 0 amide bonds. The van der Waals surface area contributed by atoms with E-state index in [0.29, 0.717) is 12.4 Å². The zero-order valence-electron chi connectivity index (χ0n) is 13.1. The number of nitrogens with one attached hydrogen (secondary N) is 1.